The number of carbonyl (C=O) groups excluding carboxylic acids is 1. The van der Waals surface area contributed by atoms with Crippen LogP contribution < -0.4 is 5.32 Å². The Bertz CT molecular complexity index is 831. The van der Waals surface area contributed by atoms with Crippen LogP contribution in [-0.4, -0.2) is 15.9 Å². The van der Waals surface area contributed by atoms with Gasteiger partial charge in [0.1, 0.15) is 5.15 Å². The predicted molar refractivity (Wildman–Crippen MR) is 84.0 cm³/mol. The van der Waals surface area contributed by atoms with Crippen LogP contribution in [0.5, 0.6) is 0 Å². The second kappa shape index (κ2) is 5.68. The van der Waals surface area contributed by atoms with Gasteiger partial charge in [-0.25, -0.2) is 4.98 Å². The van der Waals surface area contributed by atoms with E-state index in [0.717, 1.165) is 10.9 Å². The first-order valence-electron chi connectivity index (χ1n) is 6.11. The van der Waals surface area contributed by atoms with Crippen molar-refractivity contribution in [2.45, 2.75) is 0 Å². The summed E-state index contributed by atoms with van der Waals surface area (Å²) < 4.78 is 0. The third kappa shape index (κ3) is 2.82. The smallest absolute Gasteiger partial charge is 0.257 e. The molecular formula is C15H9Cl2N3O. The van der Waals surface area contributed by atoms with E-state index >= 15 is 0 Å². The molecule has 3 aromatic rings. The molecule has 0 aliphatic rings. The van der Waals surface area contributed by atoms with Crippen LogP contribution in [0.4, 0.5) is 5.69 Å². The molecule has 0 saturated heterocycles. The average Bonchev–Trinajstić information content (AvgIpc) is 2.50. The Morgan fingerprint density at radius 2 is 1.95 bits per heavy atom. The van der Waals surface area contributed by atoms with Crippen molar-refractivity contribution in [1.29, 1.82) is 0 Å². The van der Waals surface area contributed by atoms with Crippen LogP contribution >= 0.6 is 23.2 Å². The van der Waals surface area contributed by atoms with Crippen molar-refractivity contribution >= 4 is 45.7 Å². The maximum absolute atomic E-state index is 12.3. The van der Waals surface area contributed by atoms with Crippen molar-refractivity contribution in [3.05, 3.63) is 64.5 Å². The van der Waals surface area contributed by atoms with Gasteiger partial charge in [0, 0.05) is 17.8 Å². The molecule has 1 amide bonds. The van der Waals surface area contributed by atoms with Crippen molar-refractivity contribution in [2.75, 3.05) is 5.32 Å². The molecule has 3 rings (SSSR count). The number of carbonyl (C=O) groups is 1. The number of rotatable bonds is 2. The number of nitrogens with zero attached hydrogens (tertiary/aromatic N) is 2. The zero-order valence-electron chi connectivity index (χ0n) is 10.7. The van der Waals surface area contributed by atoms with Crippen LogP contribution in [0.25, 0.3) is 10.9 Å². The molecule has 6 heteroatoms. The molecule has 0 unspecified atom stereocenters. The second-order valence-electron chi connectivity index (χ2n) is 4.32. The molecule has 0 bridgehead atoms. The maximum atomic E-state index is 12.3. The van der Waals surface area contributed by atoms with Crippen LogP contribution in [0.3, 0.4) is 0 Å². The molecule has 104 valence electrons. The van der Waals surface area contributed by atoms with Gasteiger partial charge in [0.25, 0.3) is 5.91 Å². The van der Waals surface area contributed by atoms with Crippen molar-refractivity contribution < 1.29 is 4.79 Å². The number of pyridine rings is 2. The highest BCUT2D eigenvalue weighted by molar-refractivity contribution is 6.35. The minimum atomic E-state index is -0.347. The second-order valence-corrected chi connectivity index (χ2v) is 5.11. The summed E-state index contributed by atoms with van der Waals surface area (Å²) in [5.41, 5.74) is 1.74. The predicted octanol–water partition coefficient (Wildman–Crippen LogP) is 4.19. The van der Waals surface area contributed by atoms with E-state index in [0.29, 0.717) is 5.69 Å². The van der Waals surface area contributed by atoms with E-state index in [9.17, 15) is 4.79 Å². The molecule has 21 heavy (non-hydrogen) atoms. The van der Waals surface area contributed by atoms with Crippen LogP contribution in [0.2, 0.25) is 10.2 Å². The van der Waals surface area contributed by atoms with Gasteiger partial charge in [-0.1, -0.05) is 29.3 Å². The summed E-state index contributed by atoms with van der Waals surface area (Å²) in [6.07, 6.45) is 3.05. The highest BCUT2D eigenvalue weighted by atomic mass is 35.5. The largest absolute Gasteiger partial charge is 0.321 e. The number of halogens is 2. The number of anilines is 1. The van der Waals surface area contributed by atoms with E-state index < -0.39 is 0 Å². The Balaban J connectivity index is 1.99. The van der Waals surface area contributed by atoms with Crippen LogP contribution in [-0.2, 0) is 0 Å². The quantitative estimate of drug-likeness (QED) is 0.721. The molecule has 2 aromatic heterocycles. The van der Waals surface area contributed by atoms with Gasteiger partial charge in [0.05, 0.1) is 21.8 Å². The average molecular weight is 318 g/mol. The third-order valence-corrected chi connectivity index (χ3v) is 3.47. The summed E-state index contributed by atoms with van der Waals surface area (Å²) in [6.45, 7) is 0. The molecule has 0 spiro atoms. The Kier molecular flexibility index (Phi) is 3.73. The molecule has 0 aliphatic carbocycles. The molecule has 0 aliphatic heterocycles. The number of amides is 1. The number of hydrogen-bond acceptors (Lipinski definition) is 3. The minimum Gasteiger partial charge on any atom is -0.321 e. The van der Waals surface area contributed by atoms with Gasteiger partial charge < -0.3 is 5.32 Å². The first kappa shape index (κ1) is 13.8. The number of fused-ring (bicyclic) bond motifs is 1. The van der Waals surface area contributed by atoms with E-state index in [4.69, 9.17) is 23.2 Å². The summed E-state index contributed by atoms with van der Waals surface area (Å²) in [5.74, 6) is -0.347. The minimum absolute atomic E-state index is 0.212. The van der Waals surface area contributed by atoms with Gasteiger partial charge in [0.2, 0.25) is 0 Å². The number of aromatic nitrogens is 2. The fraction of sp³-hybridized carbons (Fsp3) is 0. The Morgan fingerprint density at radius 1 is 1.10 bits per heavy atom. The first-order chi connectivity index (χ1) is 10.1. The highest BCUT2D eigenvalue weighted by Gasteiger charge is 2.13. The van der Waals surface area contributed by atoms with Crippen LogP contribution in [0.15, 0.2) is 48.8 Å². The molecule has 1 N–H and O–H groups in total. The summed E-state index contributed by atoms with van der Waals surface area (Å²) >= 11 is 11.8. The lowest BCUT2D eigenvalue weighted by atomic mass is 10.1. The maximum Gasteiger partial charge on any atom is 0.257 e. The topological polar surface area (TPSA) is 54.9 Å². The summed E-state index contributed by atoms with van der Waals surface area (Å²) in [5, 5.41) is 4.13. The van der Waals surface area contributed by atoms with Crippen LogP contribution in [0, 0.1) is 0 Å². The third-order valence-electron chi connectivity index (χ3n) is 2.96. The molecule has 4 nitrogen and oxygen atoms in total. The van der Waals surface area contributed by atoms with Gasteiger partial charge in [0.15, 0.2) is 0 Å². The zero-order valence-corrected chi connectivity index (χ0v) is 12.2. The van der Waals surface area contributed by atoms with Crippen molar-refractivity contribution in [2.24, 2.45) is 0 Å². The van der Waals surface area contributed by atoms with E-state index in [1.54, 1.807) is 12.3 Å². The summed E-state index contributed by atoms with van der Waals surface area (Å²) in [4.78, 5) is 20.4. The van der Waals surface area contributed by atoms with E-state index in [2.05, 4.69) is 15.3 Å². The standard InChI is InChI=1S/C15H9Cl2N3O/c16-11-8-19-14(17)7-10(11)15(21)20-13-5-1-4-12-9(13)3-2-6-18-12/h1-8H,(H,20,21). The zero-order chi connectivity index (χ0) is 14.8. The number of hydrogen-bond donors (Lipinski definition) is 1. The van der Waals surface area contributed by atoms with Gasteiger partial charge in [-0.3, -0.25) is 9.78 Å². The highest BCUT2D eigenvalue weighted by Crippen LogP contribution is 2.24. The Labute approximate surface area is 130 Å². The summed E-state index contributed by atoms with van der Waals surface area (Å²) in [6, 6.07) is 10.6. The Hall–Kier alpha value is -2.17. The van der Waals surface area contributed by atoms with E-state index in [1.165, 1.54) is 12.3 Å². The van der Waals surface area contributed by atoms with Crippen molar-refractivity contribution in [3.63, 3.8) is 0 Å². The number of benzene rings is 1. The lowest BCUT2D eigenvalue weighted by Crippen LogP contribution is -2.13. The fourth-order valence-electron chi connectivity index (χ4n) is 1.99. The SMILES string of the molecule is O=C(Nc1cccc2ncccc12)c1cc(Cl)ncc1Cl. The molecule has 1 aromatic carbocycles. The van der Waals surface area contributed by atoms with Gasteiger partial charge in [-0.15, -0.1) is 0 Å². The molecule has 2 heterocycles. The van der Waals surface area contributed by atoms with Crippen molar-refractivity contribution in [1.82, 2.24) is 9.97 Å². The Morgan fingerprint density at radius 3 is 2.81 bits per heavy atom. The van der Waals surface area contributed by atoms with Crippen molar-refractivity contribution in [3.8, 4) is 0 Å². The van der Waals surface area contributed by atoms with Gasteiger partial charge >= 0.3 is 0 Å². The fourth-order valence-corrected chi connectivity index (χ4v) is 2.34. The molecule has 0 fully saturated rings. The number of nitrogens with one attached hydrogen (secondary N) is 1. The van der Waals surface area contributed by atoms with E-state index in [1.807, 2.05) is 24.3 Å². The molecule has 0 atom stereocenters. The molecule has 0 saturated carbocycles. The lowest BCUT2D eigenvalue weighted by Gasteiger charge is -2.09. The molecular weight excluding hydrogens is 309 g/mol. The van der Waals surface area contributed by atoms with Gasteiger partial charge in [-0.2, -0.15) is 0 Å². The first-order valence-corrected chi connectivity index (χ1v) is 6.87. The van der Waals surface area contributed by atoms with E-state index in [-0.39, 0.29) is 21.6 Å². The normalized spacial score (nSPS) is 10.6. The summed E-state index contributed by atoms with van der Waals surface area (Å²) in [7, 11) is 0. The van der Waals surface area contributed by atoms with Gasteiger partial charge in [-0.05, 0) is 30.3 Å². The molecule has 0 radical (unpaired) electrons. The lowest BCUT2D eigenvalue weighted by molar-refractivity contribution is 0.102. The van der Waals surface area contributed by atoms with Crippen LogP contribution in [0.1, 0.15) is 10.4 Å². The monoisotopic (exact) mass is 317 g/mol.